The zero-order valence-electron chi connectivity index (χ0n) is 11.2. The van der Waals surface area contributed by atoms with Crippen molar-refractivity contribution in [3.8, 4) is 0 Å². The summed E-state index contributed by atoms with van der Waals surface area (Å²) in [6, 6.07) is 4.23. The van der Waals surface area contributed by atoms with Crippen LogP contribution in [0.4, 0.5) is 13.2 Å². The lowest BCUT2D eigenvalue weighted by Gasteiger charge is -2.28. The molecular weight excluding hydrogens is 257 g/mol. The topological polar surface area (TPSA) is 26.3 Å². The third kappa shape index (κ3) is 3.15. The van der Waals surface area contributed by atoms with Gasteiger partial charge in [-0.1, -0.05) is 26.0 Å². The van der Waals surface area contributed by atoms with Gasteiger partial charge in [-0.25, -0.2) is 0 Å². The fourth-order valence-electron chi connectivity index (χ4n) is 2.03. The first-order chi connectivity index (χ1) is 8.80. The summed E-state index contributed by atoms with van der Waals surface area (Å²) in [6.45, 7) is 3.63. The molecule has 0 atom stereocenters. The Kier molecular flexibility index (Phi) is 4.74. The van der Waals surface area contributed by atoms with Gasteiger partial charge in [0.25, 0.3) is 0 Å². The zero-order chi connectivity index (χ0) is 14.7. The molecule has 0 aliphatic heterocycles. The van der Waals surface area contributed by atoms with Crippen LogP contribution in [0.5, 0.6) is 0 Å². The lowest BCUT2D eigenvalue weighted by Crippen LogP contribution is -2.39. The van der Waals surface area contributed by atoms with Crippen LogP contribution in [0.2, 0.25) is 0 Å². The number of hydrogen-bond donors (Lipinski definition) is 0. The van der Waals surface area contributed by atoms with Crippen molar-refractivity contribution < 1.29 is 22.7 Å². The van der Waals surface area contributed by atoms with E-state index in [0.717, 1.165) is 12.1 Å². The smallest absolute Gasteiger partial charge is 0.370 e. The summed E-state index contributed by atoms with van der Waals surface area (Å²) >= 11 is 0. The molecule has 0 N–H and O–H groups in total. The number of ketones is 1. The Balaban J connectivity index is 3.07. The quantitative estimate of drug-likeness (QED) is 0.756. The molecule has 1 aromatic rings. The second-order valence-electron chi connectivity index (χ2n) is 4.31. The van der Waals surface area contributed by atoms with E-state index in [2.05, 4.69) is 0 Å². The van der Waals surface area contributed by atoms with Crippen LogP contribution in [0, 0.1) is 0 Å². The Bertz CT molecular complexity index is 423. The second kappa shape index (κ2) is 5.74. The van der Waals surface area contributed by atoms with E-state index in [0.29, 0.717) is 12.8 Å². The molecule has 106 valence electrons. The van der Waals surface area contributed by atoms with Crippen LogP contribution in [-0.2, 0) is 10.9 Å². The van der Waals surface area contributed by atoms with Gasteiger partial charge in [0.2, 0.25) is 0 Å². The van der Waals surface area contributed by atoms with Gasteiger partial charge in [-0.05, 0) is 25.0 Å². The molecule has 2 nitrogen and oxygen atoms in total. The van der Waals surface area contributed by atoms with Crippen molar-refractivity contribution >= 4 is 5.78 Å². The van der Waals surface area contributed by atoms with Gasteiger partial charge < -0.3 is 4.74 Å². The van der Waals surface area contributed by atoms with E-state index >= 15 is 0 Å². The predicted molar refractivity (Wildman–Crippen MR) is 66.1 cm³/mol. The number of benzene rings is 1. The first kappa shape index (κ1) is 15.7. The largest absolute Gasteiger partial charge is 0.416 e. The fraction of sp³-hybridized carbons (Fsp3) is 0.500. The molecule has 0 heterocycles. The summed E-state index contributed by atoms with van der Waals surface area (Å²) in [4.78, 5) is 12.3. The highest BCUT2D eigenvalue weighted by atomic mass is 19.4. The minimum atomic E-state index is -4.39. The second-order valence-corrected chi connectivity index (χ2v) is 4.31. The van der Waals surface area contributed by atoms with Crippen LogP contribution in [0.3, 0.4) is 0 Å². The summed E-state index contributed by atoms with van der Waals surface area (Å²) in [5.41, 5.74) is -1.49. The molecule has 0 aliphatic rings. The van der Waals surface area contributed by atoms with Crippen molar-refractivity contribution in [3.05, 3.63) is 35.4 Å². The molecule has 0 amide bonds. The minimum absolute atomic E-state index is 0.235. The molecule has 0 fully saturated rings. The summed E-state index contributed by atoms with van der Waals surface area (Å²) in [5.74, 6) is -0.284. The van der Waals surface area contributed by atoms with Crippen molar-refractivity contribution in [2.45, 2.75) is 38.5 Å². The van der Waals surface area contributed by atoms with E-state index in [1.165, 1.54) is 19.2 Å². The number of halogens is 3. The highest BCUT2D eigenvalue weighted by Gasteiger charge is 2.36. The molecule has 1 rings (SSSR count). The molecule has 5 heteroatoms. The van der Waals surface area contributed by atoms with E-state index in [1.807, 2.05) is 13.8 Å². The number of ether oxygens (including phenoxy) is 1. The standard InChI is InChI=1S/C14H17F3O2/c1-4-13(5-2,19-3)12(18)10-6-8-11(9-7-10)14(15,16)17/h6-9H,4-5H2,1-3H3. The Morgan fingerprint density at radius 3 is 1.89 bits per heavy atom. The normalized spacial score (nSPS) is 12.5. The van der Waals surface area contributed by atoms with Gasteiger partial charge in [0, 0.05) is 12.7 Å². The SMILES string of the molecule is CCC(CC)(OC)C(=O)c1ccc(C(F)(F)F)cc1. The van der Waals surface area contributed by atoms with Gasteiger partial charge in [-0.15, -0.1) is 0 Å². The van der Waals surface area contributed by atoms with Gasteiger partial charge in [-0.3, -0.25) is 4.79 Å². The molecule has 0 aromatic heterocycles. The maximum Gasteiger partial charge on any atom is 0.416 e. The third-order valence-electron chi connectivity index (χ3n) is 3.42. The van der Waals surface area contributed by atoms with E-state index in [4.69, 9.17) is 4.74 Å². The van der Waals surface area contributed by atoms with Crippen molar-refractivity contribution in [3.63, 3.8) is 0 Å². The predicted octanol–water partition coefficient (Wildman–Crippen LogP) is 4.09. The van der Waals surface area contributed by atoms with Crippen LogP contribution in [0.1, 0.15) is 42.6 Å². The monoisotopic (exact) mass is 274 g/mol. The molecule has 0 radical (unpaired) electrons. The maximum absolute atomic E-state index is 12.4. The van der Waals surface area contributed by atoms with E-state index in [-0.39, 0.29) is 11.3 Å². The molecule has 0 bridgehead atoms. The lowest BCUT2D eigenvalue weighted by molar-refractivity contribution is -0.137. The Hall–Kier alpha value is -1.36. The van der Waals surface area contributed by atoms with Gasteiger partial charge in [0.05, 0.1) is 5.56 Å². The van der Waals surface area contributed by atoms with Crippen LogP contribution < -0.4 is 0 Å². The fourth-order valence-corrected chi connectivity index (χ4v) is 2.03. The molecule has 0 saturated carbocycles. The first-order valence-electron chi connectivity index (χ1n) is 6.08. The summed E-state index contributed by atoms with van der Waals surface area (Å²) in [5, 5.41) is 0. The van der Waals surface area contributed by atoms with Crippen molar-refractivity contribution in [1.29, 1.82) is 0 Å². The average Bonchev–Trinajstić information content (AvgIpc) is 2.40. The van der Waals surface area contributed by atoms with Gasteiger partial charge >= 0.3 is 6.18 Å². The molecular formula is C14H17F3O2. The van der Waals surface area contributed by atoms with Crippen LogP contribution >= 0.6 is 0 Å². The number of alkyl halides is 3. The first-order valence-corrected chi connectivity index (χ1v) is 6.08. The molecule has 0 saturated heterocycles. The highest BCUT2D eigenvalue weighted by Crippen LogP contribution is 2.30. The molecule has 1 aromatic carbocycles. The molecule has 0 unspecified atom stereocenters. The summed E-state index contributed by atoms with van der Waals surface area (Å²) in [7, 11) is 1.44. The Morgan fingerprint density at radius 2 is 1.58 bits per heavy atom. The van der Waals surface area contributed by atoms with E-state index < -0.39 is 17.3 Å². The van der Waals surface area contributed by atoms with Crippen LogP contribution in [-0.4, -0.2) is 18.5 Å². The number of rotatable bonds is 5. The molecule has 0 aliphatic carbocycles. The van der Waals surface area contributed by atoms with Crippen molar-refractivity contribution in [2.75, 3.05) is 7.11 Å². The zero-order valence-corrected chi connectivity index (χ0v) is 11.2. The maximum atomic E-state index is 12.4. The van der Waals surface area contributed by atoms with Crippen molar-refractivity contribution in [1.82, 2.24) is 0 Å². The number of carbonyl (C=O) groups is 1. The third-order valence-corrected chi connectivity index (χ3v) is 3.42. The minimum Gasteiger partial charge on any atom is -0.370 e. The number of Topliss-reactive ketones (excluding diaryl/α,β-unsaturated/α-hetero) is 1. The highest BCUT2D eigenvalue weighted by molar-refractivity contribution is 6.02. The lowest BCUT2D eigenvalue weighted by atomic mass is 9.87. The summed E-state index contributed by atoms with van der Waals surface area (Å²) < 4.78 is 42.6. The van der Waals surface area contributed by atoms with Gasteiger partial charge in [-0.2, -0.15) is 13.2 Å². The average molecular weight is 274 g/mol. The Labute approximate surface area is 110 Å². The summed E-state index contributed by atoms with van der Waals surface area (Å²) in [6.07, 6.45) is -3.45. The molecule has 0 spiro atoms. The van der Waals surface area contributed by atoms with Gasteiger partial charge in [0.1, 0.15) is 5.60 Å². The van der Waals surface area contributed by atoms with Crippen LogP contribution in [0.25, 0.3) is 0 Å². The number of carbonyl (C=O) groups excluding carboxylic acids is 1. The van der Waals surface area contributed by atoms with Crippen molar-refractivity contribution in [2.24, 2.45) is 0 Å². The number of hydrogen-bond acceptors (Lipinski definition) is 2. The van der Waals surface area contributed by atoms with Crippen LogP contribution in [0.15, 0.2) is 24.3 Å². The van der Waals surface area contributed by atoms with E-state index in [1.54, 1.807) is 0 Å². The number of methoxy groups -OCH3 is 1. The Morgan fingerprint density at radius 1 is 1.11 bits per heavy atom. The molecule has 19 heavy (non-hydrogen) atoms. The van der Waals surface area contributed by atoms with E-state index in [9.17, 15) is 18.0 Å². The van der Waals surface area contributed by atoms with Gasteiger partial charge in [0.15, 0.2) is 5.78 Å².